The second-order valence-corrected chi connectivity index (χ2v) is 6.89. The van der Waals surface area contributed by atoms with E-state index in [1.54, 1.807) is 24.3 Å². The number of benzene rings is 3. The summed E-state index contributed by atoms with van der Waals surface area (Å²) in [6, 6.07) is 22.0. The molecule has 0 N–H and O–H groups in total. The Hall–Kier alpha value is -4.20. The third-order valence-corrected chi connectivity index (χ3v) is 4.98. The van der Waals surface area contributed by atoms with Crippen molar-refractivity contribution in [3.05, 3.63) is 83.9 Å². The third-order valence-electron chi connectivity index (χ3n) is 4.98. The van der Waals surface area contributed by atoms with Crippen LogP contribution in [0.3, 0.4) is 0 Å². The highest BCUT2D eigenvalue weighted by Gasteiger charge is 2.17. The lowest BCUT2D eigenvalue weighted by Crippen LogP contribution is -2.19. The number of nitrogens with zero attached hydrogens (tertiary/aromatic N) is 6. The Morgan fingerprint density at radius 1 is 0.600 bits per heavy atom. The minimum absolute atomic E-state index is 0.106. The molecule has 146 valence electrons. The molecule has 8 heteroatoms. The highest BCUT2D eigenvalue weighted by molar-refractivity contribution is 5.92. The lowest BCUT2D eigenvalue weighted by molar-refractivity contribution is 0.0886. The number of hydrogen-bond donors (Lipinski definition) is 0. The maximum atomic E-state index is 12.9. The second kappa shape index (κ2) is 7.32. The van der Waals surface area contributed by atoms with Crippen molar-refractivity contribution in [3.8, 4) is 0 Å². The summed E-state index contributed by atoms with van der Waals surface area (Å²) in [6.45, 7) is 0. The summed E-state index contributed by atoms with van der Waals surface area (Å²) in [5.74, 6) is -0.426. The van der Waals surface area contributed by atoms with Crippen molar-refractivity contribution in [2.45, 2.75) is 12.8 Å². The van der Waals surface area contributed by atoms with Gasteiger partial charge in [0.25, 0.3) is 11.8 Å². The first-order valence-electron chi connectivity index (χ1n) is 9.45. The molecule has 0 aliphatic rings. The average molecular weight is 396 g/mol. The molecule has 5 aromatic rings. The number of para-hydroxylation sites is 2. The molecule has 0 aliphatic carbocycles. The number of fused-ring (bicyclic) bond motifs is 2. The normalized spacial score (nSPS) is 11.2. The number of hydrogen-bond acceptors (Lipinski definition) is 6. The third kappa shape index (κ3) is 3.14. The fraction of sp³-hybridized carbons (Fsp3) is 0.0909. The van der Waals surface area contributed by atoms with Crippen molar-refractivity contribution in [2.75, 3.05) is 0 Å². The number of rotatable bonds is 4. The molecule has 0 unspecified atom stereocenters. The van der Waals surface area contributed by atoms with Gasteiger partial charge in [0.15, 0.2) is 0 Å². The molecule has 0 aliphatic heterocycles. The van der Waals surface area contributed by atoms with Gasteiger partial charge in [0.1, 0.15) is 11.0 Å². The maximum Gasteiger partial charge on any atom is 0.253 e. The summed E-state index contributed by atoms with van der Waals surface area (Å²) in [7, 11) is 0. The molecule has 2 aromatic heterocycles. The van der Waals surface area contributed by atoms with E-state index in [1.165, 1.54) is 9.36 Å². The van der Waals surface area contributed by atoms with Gasteiger partial charge in [0, 0.05) is 0 Å². The van der Waals surface area contributed by atoms with Crippen LogP contribution in [0.1, 0.15) is 20.7 Å². The van der Waals surface area contributed by atoms with Crippen LogP contribution in [0.2, 0.25) is 0 Å². The molecule has 0 saturated carbocycles. The van der Waals surface area contributed by atoms with E-state index in [9.17, 15) is 9.59 Å². The molecule has 30 heavy (non-hydrogen) atoms. The topological polar surface area (TPSA) is 95.6 Å². The van der Waals surface area contributed by atoms with Gasteiger partial charge in [-0.15, -0.1) is 10.2 Å². The Kier molecular flexibility index (Phi) is 4.36. The quantitative estimate of drug-likeness (QED) is 0.463. The Bertz CT molecular complexity index is 1290. The van der Waals surface area contributed by atoms with E-state index in [0.29, 0.717) is 22.1 Å². The Balaban J connectivity index is 1.41. The average Bonchev–Trinajstić information content (AvgIpc) is 3.39. The summed E-state index contributed by atoms with van der Waals surface area (Å²) >= 11 is 0. The van der Waals surface area contributed by atoms with Gasteiger partial charge in [-0.1, -0.05) is 59.0 Å². The van der Waals surface area contributed by atoms with E-state index in [2.05, 4.69) is 20.6 Å². The fourth-order valence-corrected chi connectivity index (χ4v) is 3.48. The summed E-state index contributed by atoms with van der Waals surface area (Å²) in [4.78, 5) is 25.8. The zero-order chi connectivity index (χ0) is 20.5. The Morgan fingerprint density at radius 3 is 1.47 bits per heavy atom. The van der Waals surface area contributed by atoms with Crippen LogP contribution < -0.4 is 0 Å². The van der Waals surface area contributed by atoms with Gasteiger partial charge in [-0.05, 0) is 35.4 Å². The second-order valence-electron chi connectivity index (χ2n) is 6.89. The predicted molar refractivity (Wildman–Crippen MR) is 110 cm³/mol. The molecule has 2 heterocycles. The molecule has 0 radical (unpaired) electrons. The standard InChI is InChI=1S/C22H16N6O2/c29-21(27-19-11-5-3-9-17(19)23-25-27)13-15-7-1-2-8-16(15)14-22(30)28-20-12-6-4-10-18(20)24-26-28/h1-12H,13-14H2. The molecule has 3 aromatic carbocycles. The van der Waals surface area contributed by atoms with Gasteiger partial charge in [-0.2, -0.15) is 9.36 Å². The first-order chi connectivity index (χ1) is 14.7. The largest absolute Gasteiger partial charge is 0.272 e. The van der Waals surface area contributed by atoms with E-state index in [1.807, 2.05) is 48.5 Å². The van der Waals surface area contributed by atoms with Crippen molar-refractivity contribution >= 4 is 33.9 Å². The molecule has 0 bridgehead atoms. The fourth-order valence-electron chi connectivity index (χ4n) is 3.48. The van der Waals surface area contributed by atoms with Gasteiger partial charge in [0.2, 0.25) is 0 Å². The maximum absolute atomic E-state index is 12.9. The van der Waals surface area contributed by atoms with Gasteiger partial charge in [-0.3, -0.25) is 9.59 Å². The SMILES string of the molecule is O=C(Cc1ccccc1CC(=O)n1nnc2ccccc21)n1nnc2ccccc21. The summed E-state index contributed by atoms with van der Waals surface area (Å²) < 4.78 is 2.61. The number of carbonyl (C=O) groups excluding carboxylic acids is 2. The molecule has 0 fully saturated rings. The van der Waals surface area contributed by atoms with E-state index < -0.39 is 0 Å². The van der Waals surface area contributed by atoms with Crippen LogP contribution in [-0.2, 0) is 12.8 Å². The van der Waals surface area contributed by atoms with Crippen LogP contribution in [0.4, 0.5) is 0 Å². The van der Waals surface area contributed by atoms with Crippen LogP contribution in [0, 0.1) is 0 Å². The van der Waals surface area contributed by atoms with Gasteiger partial charge < -0.3 is 0 Å². The van der Waals surface area contributed by atoms with Gasteiger partial charge >= 0.3 is 0 Å². The molecule has 0 saturated heterocycles. The van der Waals surface area contributed by atoms with Crippen LogP contribution in [0.25, 0.3) is 22.1 Å². The lowest BCUT2D eigenvalue weighted by Gasteiger charge is -2.09. The molecule has 0 spiro atoms. The highest BCUT2D eigenvalue weighted by atomic mass is 16.2. The Morgan fingerprint density at radius 2 is 1.00 bits per heavy atom. The van der Waals surface area contributed by atoms with Crippen molar-refractivity contribution < 1.29 is 9.59 Å². The van der Waals surface area contributed by atoms with Gasteiger partial charge in [-0.25, -0.2) is 0 Å². The minimum Gasteiger partial charge on any atom is -0.272 e. The minimum atomic E-state index is -0.213. The highest BCUT2D eigenvalue weighted by Crippen LogP contribution is 2.16. The number of aromatic nitrogens is 6. The molecule has 8 nitrogen and oxygen atoms in total. The zero-order valence-electron chi connectivity index (χ0n) is 15.8. The van der Waals surface area contributed by atoms with E-state index in [0.717, 1.165) is 11.1 Å². The van der Waals surface area contributed by atoms with Crippen LogP contribution in [0.5, 0.6) is 0 Å². The van der Waals surface area contributed by atoms with E-state index in [4.69, 9.17) is 0 Å². The zero-order valence-corrected chi connectivity index (χ0v) is 15.8. The first-order valence-corrected chi connectivity index (χ1v) is 9.45. The predicted octanol–water partition coefficient (Wildman–Crippen LogP) is 2.94. The van der Waals surface area contributed by atoms with Crippen molar-refractivity contribution in [1.29, 1.82) is 0 Å². The van der Waals surface area contributed by atoms with Crippen molar-refractivity contribution in [1.82, 2.24) is 30.0 Å². The first kappa shape index (κ1) is 17.9. The number of carbonyl (C=O) groups is 2. The molecule has 5 rings (SSSR count). The van der Waals surface area contributed by atoms with Crippen LogP contribution >= 0.6 is 0 Å². The molecular weight excluding hydrogens is 380 g/mol. The van der Waals surface area contributed by atoms with Crippen LogP contribution in [-0.4, -0.2) is 41.8 Å². The summed E-state index contributed by atoms with van der Waals surface area (Å²) in [5, 5.41) is 16.0. The van der Waals surface area contributed by atoms with E-state index in [-0.39, 0.29) is 24.7 Å². The van der Waals surface area contributed by atoms with Crippen molar-refractivity contribution in [3.63, 3.8) is 0 Å². The van der Waals surface area contributed by atoms with E-state index >= 15 is 0 Å². The Labute approximate surface area is 170 Å². The monoisotopic (exact) mass is 396 g/mol. The summed E-state index contributed by atoms with van der Waals surface area (Å²) in [5.41, 5.74) is 4.16. The molecule has 0 amide bonds. The summed E-state index contributed by atoms with van der Waals surface area (Å²) in [6.07, 6.45) is 0.212. The van der Waals surface area contributed by atoms with Crippen molar-refractivity contribution in [2.24, 2.45) is 0 Å². The smallest absolute Gasteiger partial charge is 0.253 e. The van der Waals surface area contributed by atoms with Gasteiger partial charge in [0.05, 0.1) is 23.9 Å². The van der Waals surface area contributed by atoms with Crippen LogP contribution in [0.15, 0.2) is 72.8 Å². The molecule has 0 atom stereocenters. The lowest BCUT2D eigenvalue weighted by atomic mass is 10.0. The molecular formula is C22H16N6O2.